The van der Waals surface area contributed by atoms with Gasteiger partial charge >= 0.3 is 0 Å². The molecule has 0 unspecified atom stereocenters. The molecule has 2 aromatic rings. The number of rotatable bonds is 3. The van der Waals surface area contributed by atoms with E-state index in [-0.39, 0.29) is 6.61 Å². The lowest BCUT2D eigenvalue weighted by molar-refractivity contribution is 0.276. The van der Waals surface area contributed by atoms with Gasteiger partial charge in [-0.05, 0) is 19.4 Å². The van der Waals surface area contributed by atoms with Crippen LogP contribution in [0.4, 0.5) is 0 Å². The van der Waals surface area contributed by atoms with Crippen molar-refractivity contribution in [1.82, 2.24) is 4.98 Å². The molecule has 0 amide bonds. The smallest absolute Gasteiger partial charge is 0.123 e. The zero-order valence-corrected chi connectivity index (χ0v) is 10.3. The molecule has 0 saturated heterocycles. The van der Waals surface area contributed by atoms with Crippen LogP contribution in [0.3, 0.4) is 0 Å². The molecule has 1 heterocycles. The second kappa shape index (κ2) is 4.76. The van der Waals surface area contributed by atoms with Crippen molar-refractivity contribution in [2.24, 2.45) is 0 Å². The Morgan fingerprint density at radius 1 is 1.38 bits per heavy atom. The molecule has 0 saturated carbocycles. The molecule has 0 aliphatic carbocycles. The number of hydrogen-bond acceptors (Lipinski definition) is 3. The lowest BCUT2D eigenvalue weighted by Crippen LogP contribution is -1.88. The summed E-state index contributed by atoms with van der Waals surface area (Å²) in [5.41, 5.74) is 3.19. The molecule has 84 valence electrons. The van der Waals surface area contributed by atoms with Gasteiger partial charge < -0.3 is 5.11 Å². The third-order valence-corrected chi connectivity index (χ3v) is 3.81. The van der Waals surface area contributed by atoms with Crippen LogP contribution in [-0.2, 0) is 13.0 Å². The van der Waals surface area contributed by atoms with E-state index >= 15 is 0 Å². The highest BCUT2D eigenvalue weighted by molar-refractivity contribution is 7.15. The van der Waals surface area contributed by atoms with Crippen LogP contribution in [0.2, 0.25) is 0 Å². The fourth-order valence-electron chi connectivity index (χ4n) is 1.68. The Balaban J connectivity index is 2.44. The molecule has 3 heteroatoms. The van der Waals surface area contributed by atoms with E-state index in [2.05, 4.69) is 37.0 Å². The summed E-state index contributed by atoms with van der Waals surface area (Å²) < 4.78 is 0. The van der Waals surface area contributed by atoms with Gasteiger partial charge in [-0.2, -0.15) is 0 Å². The predicted octanol–water partition coefficient (Wildman–Crippen LogP) is 3.17. The van der Waals surface area contributed by atoms with Gasteiger partial charge in [0.2, 0.25) is 0 Å². The van der Waals surface area contributed by atoms with E-state index in [0.717, 1.165) is 22.7 Å². The van der Waals surface area contributed by atoms with Crippen molar-refractivity contribution in [2.45, 2.75) is 26.9 Å². The minimum Gasteiger partial charge on any atom is -0.390 e. The summed E-state index contributed by atoms with van der Waals surface area (Å²) >= 11 is 1.67. The maximum atomic E-state index is 9.21. The lowest BCUT2D eigenvalue weighted by atomic mass is 10.1. The molecular weight excluding hydrogens is 218 g/mol. The molecular formula is C13H15NOS. The number of aryl methyl sites for hydroxylation is 2. The van der Waals surface area contributed by atoms with Crippen molar-refractivity contribution in [3.63, 3.8) is 0 Å². The van der Waals surface area contributed by atoms with Gasteiger partial charge in [0.15, 0.2) is 0 Å². The third kappa shape index (κ3) is 2.15. The summed E-state index contributed by atoms with van der Waals surface area (Å²) in [6.07, 6.45) is 0.930. The summed E-state index contributed by atoms with van der Waals surface area (Å²) in [6, 6.07) is 8.30. The van der Waals surface area contributed by atoms with Crippen LogP contribution in [0, 0.1) is 6.92 Å². The van der Waals surface area contributed by atoms with Crippen LogP contribution < -0.4 is 0 Å². The predicted molar refractivity (Wildman–Crippen MR) is 67.6 cm³/mol. The average Bonchev–Trinajstić information content (AvgIpc) is 2.72. The van der Waals surface area contributed by atoms with Gasteiger partial charge in [0, 0.05) is 10.4 Å². The molecule has 2 rings (SSSR count). The number of nitrogens with zero attached hydrogens (tertiary/aromatic N) is 1. The van der Waals surface area contributed by atoms with Crippen LogP contribution in [0.15, 0.2) is 24.3 Å². The van der Waals surface area contributed by atoms with Gasteiger partial charge in [-0.15, -0.1) is 11.3 Å². The summed E-state index contributed by atoms with van der Waals surface area (Å²) in [7, 11) is 0. The number of aliphatic hydroxyl groups excluding tert-OH is 1. The standard InChI is InChI=1S/C13H15NOS/c1-3-12-11(8-15)14-13(16-12)10-6-4-5-9(2)7-10/h4-7,15H,3,8H2,1-2H3. The van der Waals surface area contributed by atoms with E-state index in [4.69, 9.17) is 0 Å². The SMILES string of the molecule is CCc1sc(-c2cccc(C)c2)nc1CO. The minimum atomic E-state index is 0.0332. The molecule has 1 N–H and O–H groups in total. The Hall–Kier alpha value is -1.19. The Kier molecular flexibility index (Phi) is 3.36. The van der Waals surface area contributed by atoms with Crippen LogP contribution in [-0.4, -0.2) is 10.1 Å². The molecule has 1 aromatic heterocycles. The van der Waals surface area contributed by atoms with Crippen LogP contribution in [0.5, 0.6) is 0 Å². The topological polar surface area (TPSA) is 33.1 Å². The maximum absolute atomic E-state index is 9.21. The largest absolute Gasteiger partial charge is 0.390 e. The fourth-order valence-corrected chi connectivity index (χ4v) is 2.69. The van der Waals surface area contributed by atoms with E-state index in [9.17, 15) is 5.11 Å². The molecule has 0 spiro atoms. The molecule has 0 fully saturated rings. The van der Waals surface area contributed by atoms with Crippen molar-refractivity contribution in [2.75, 3.05) is 0 Å². The zero-order valence-electron chi connectivity index (χ0n) is 9.53. The number of thiazole rings is 1. The molecule has 0 atom stereocenters. The molecule has 1 aromatic carbocycles. The highest BCUT2D eigenvalue weighted by Crippen LogP contribution is 2.28. The van der Waals surface area contributed by atoms with E-state index < -0.39 is 0 Å². The van der Waals surface area contributed by atoms with E-state index in [1.807, 2.05) is 6.07 Å². The second-order valence-electron chi connectivity index (χ2n) is 3.77. The molecule has 0 aliphatic rings. The van der Waals surface area contributed by atoms with Crippen LogP contribution in [0.1, 0.15) is 23.1 Å². The Bertz CT molecular complexity index is 469. The van der Waals surface area contributed by atoms with Gasteiger partial charge in [0.1, 0.15) is 5.01 Å². The van der Waals surface area contributed by atoms with Crippen molar-refractivity contribution in [3.05, 3.63) is 40.4 Å². The lowest BCUT2D eigenvalue weighted by Gasteiger charge is -1.97. The Morgan fingerprint density at radius 3 is 2.75 bits per heavy atom. The van der Waals surface area contributed by atoms with E-state index in [1.54, 1.807) is 11.3 Å². The number of hydrogen-bond donors (Lipinski definition) is 1. The number of aliphatic hydroxyl groups is 1. The Morgan fingerprint density at radius 2 is 2.19 bits per heavy atom. The first-order valence-corrected chi connectivity index (χ1v) is 6.22. The van der Waals surface area contributed by atoms with Crippen LogP contribution in [0.25, 0.3) is 10.6 Å². The maximum Gasteiger partial charge on any atom is 0.123 e. The quantitative estimate of drug-likeness (QED) is 0.883. The van der Waals surface area contributed by atoms with Crippen molar-refractivity contribution in [3.8, 4) is 10.6 Å². The second-order valence-corrected chi connectivity index (χ2v) is 4.85. The minimum absolute atomic E-state index is 0.0332. The molecule has 0 bridgehead atoms. The summed E-state index contributed by atoms with van der Waals surface area (Å²) in [6.45, 7) is 4.20. The number of benzene rings is 1. The highest BCUT2D eigenvalue weighted by atomic mass is 32.1. The first-order chi connectivity index (χ1) is 7.74. The van der Waals surface area contributed by atoms with Gasteiger partial charge in [-0.25, -0.2) is 4.98 Å². The highest BCUT2D eigenvalue weighted by Gasteiger charge is 2.10. The van der Waals surface area contributed by atoms with Crippen molar-refractivity contribution in [1.29, 1.82) is 0 Å². The third-order valence-electron chi connectivity index (χ3n) is 2.51. The summed E-state index contributed by atoms with van der Waals surface area (Å²) in [5, 5.41) is 10.2. The normalized spacial score (nSPS) is 10.7. The summed E-state index contributed by atoms with van der Waals surface area (Å²) in [5.74, 6) is 0. The first-order valence-electron chi connectivity index (χ1n) is 5.41. The molecule has 16 heavy (non-hydrogen) atoms. The number of aromatic nitrogens is 1. The first kappa shape index (κ1) is 11.3. The molecule has 0 aliphatic heterocycles. The van der Waals surface area contributed by atoms with Gasteiger partial charge in [-0.1, -0.05) is 30.7 Å². The zero-order chi connectivity index (χ0) is 11.5. The van der Waals surface area contributed by atoms with Gasteiger partial charge in [0.25, 0.3) is 0 Å². The van der Waals surface area contributed by atoms with E-state index in [0.29, 0.717) is 0 Å². The Labute approximate surface area is 99.6 Å². The van der Waals surface area contributed by atoms with Gasteiger partial charge in [-0.3, -0.25) is 0 Å². The monoisotopic (exact) mass is 233 g/mol. The summed E-state index contributed by atoms with van der Waals surface area (Å²) in [4.78, 5) is 5.66. The van der Waals surface area contributed by atoms with Crippen LogP contribution >= 0.6 is 11.3 Å². The average molecular weight is 233 g/mol. The molecule has 0 radical (unpaired) electrons. The van der Waals surface area contributed by atoms with Crippen molar-refractivity contribution >= 4 is 11.3 Å². The molecule has 2 nitrogen and oxygen atoms in total. The van der Waals surface area contributed by atoms with E-state index in [1.165, 1.54) is 10.4 Å². The fraction of sp³-hybridized carbons (Fsp3) is 0.308. The van der Waals surface area contributed by atoms with Crippen molar-refractivity contribution < 1.29 is 5.11 Å². The van der Waals surface area contributed by atoms with Gasteiger partial charge in [0.05, 0.1) is 12.3 Å².